The molecule has 0 bridgehead atoms. The Bertz CT molecular complexity index is 964. The number of nitrogens with one attached hydrogen (secondary N) is 1. The lowest BCUT2D eigenvalue weighted by molar-refractivity contribution is -0.126. The highest BCUT2D eigenvalue weighted by Gasteiger charge is 2.36. The van der Waals surface area contributed by atoms with Crippen LogP contribution in [0.3, 0.4) is 0 Å². The van der Waals surface area contributed by atoms with E-state index in [1.807, 2.05) is 56.3 Å². The fraction of sp³-hybridized carbons (Fsp3) is 0.440. The summed E-state index contributed by atoms with van der Waals surface area (Å²) in [5, 5.41) is 3.03. The zero-order valence-corrected chi connectivity index (χ0v) is 19.6. The van der Waals surface area contributed by atoms with Crippen LogP contribution in [0.2, 0.25) is 0 Å². The van der Waals surface area contributed by atoms with Gasteiger partial charge in [0.25, 0.3) is 0 Å². The number of anilines is 1. The Labute approximate surface area is 194 Å². The summed E-state index contributed by atoms with van der Waals surface area (Å²) in [5.41, 5.74) is 1.57. The average molecular weight is 457 g/mol. The van der Waals surface area contributed by atoms with E-state index in [0.717, 1.165) is 5.56 Å². The van der Waals surface area contributed by atoms with E-state index in [1.54, 1.807) is 19.1 Å². The summed E-state index contributed by atoms with van der Waals surface area (Å²) >= 11 is 0. The third kappa shape index (κ3) is 5.96. The number of hydrogen-bond acceptors (Lipinski definition) is 6. The first-order valence-corrected chi connectivity index (χ1v) is 11.1. The Hall–Kier alpha value is -3.26. The fourth-order valence-electron chi connectivity index (χ4n) is 3.80. The molecule has 33 heavy (non-hydrogen) atoms. The third-order valence-electron chi connectivity index (χ3n) is 5.54. The van der Waals surface area contributed by atoms with Crippen molar-refractivity contribution < 1.29 is 28.5 Å². The Kier molecular flexibility index (Phi) is 8.54. The van der Waals surface area contributed by atoms with Crippen LogP contribution >= 0.6 is 0 Å². The third-order valence-corrected chi connectivity index (χ3v) is 5.54. The minimum absolute atomic E-state index is 0.0887. The summed E-state index contributed by atoms with van der Waals surface area (Å²) in [7, 11) is 3.19. The van der Waals surface area contributed by atoms with E-state index in [2.05, 4.69) is 5.32 Å². The van der Waals surface area contributed by atoms with Gasteiger partial charge in [0.05, 0.1) is 38.0 Å². The molecular formula is C25H32N2O6. The van der Waals surface area contributed by atoms with E-state index in [0.29, 0.717) is 49.3 Å². The molecule has 1 aliphatic rings. The van der Waals surface area contributed by atoms with Crippen molar-refractivity contribution in [1.29, 1.82) is 0 Å². The molecule has 8 nitrogen and oxygen atoms in total. The number of amides is 2. The lowest BCUT2D eigenvalue weighted by Crippen LogP contribution is -2.34. The molecule has 1 heterocycles. The molecule has 8 heteroatoms. The Morgan fingerprint density at radius 3 is 2.61 bits per heavy atom. The van der Waals surface area contributed by atoms with Crippen LogP contribution in [0.5, 0.6) is 17.2 Å². The van der Waals surface area contributed by atoms with Crippen molar-refractivity contribution in [3.05, 3.63) is 48.0 Å². The number of nitrogens with zero attached hydrogens (tertiary/aromatic N) is 1. The second-order valence-corrected chi connectivity index (χ2v) is 7.79. The van der Waals surface area contributed by atoms with Crippen LogP contribution < -0.4 is 24.4 Å². The first kappa shape index (κ1) is 24.4. The lowest BCUT2D eigenvalue weighted by atomic mass is 10.0. The predicted octanol–water partition coefficient (Wildman–Crippen LogP) is 3.35. The topological polar surface area (TPSA) is 86.3 Å². The van der Waals surface area contributed by atoms with Gasteiger partial charge in [-0.25, -0.2) is 0 Å². The summed E-state index contributed by atoms with van der Waals surface area (Å²) in [5.74, 6) is 1.15. The molecule has 1 fully saturated rings. The van der Waals surface area contributed by atoms with Gasteiger partial charge in [0.2, 0.25) is 11.8 Å². The molecule has 1 aliphatic heterocycles. The van der Waals surface area contributed by atoms with Gasteiger partial charge in [-0.3, -0.25) is 9.59 Å². The van der Waals surface area contributed by atoms with Gasteiger partial charge in [-0.1, -0.05) is 18.2 Å². The summed E-state index contributed by atoms with van der Waals surface area (Å²) in [6.45, 7) is 5.50. The molecule has 0 spiro atoms. The van der Waals surface area contributed by atoms with E-state index in [1.165, 1.54) is 0 Å². The van der Waals surface area contributed by atoms with Gasteiger partial charge in [0.1, 0.15) is 12.4 Å². The minimum Gasteiger partial charge on any atom is -0.493 e. The maximum atomic E-state index is 13.0. The number of benzene rings is 2. The fourth-order valence-corrected chi connectivity index (χ4v) is 3.80. The first-order valence-electron chi connectivity index (χ1n) is 11.1. The smallest absolute Gasteiger partial charge is 0.227 e. The zero-order valence-electron chi connectivity index (χ0n) is 19.6. The van der Waals surface area contributed by atoms with Crippen molar-refractivity contribution in [3.63, 3.8) is 0 Å². The maximum absolute atomic E-state index is 13.0. The van der Waals surface area contributed by atoms with Crippen LogP contribution in [0.4, 0.5) is 5.69 Å². The zero-order chi connectivity index (χ0) is 23.8. The van der Waals surface area contributed by atoms with Crippen molar-refractivity contribution in [1.82, 2.24) is 5.32 Å². The van der Waals surface area contributed by atoms with Crippen molar-refractivity contribution in [2.24, 2.45) is 5.92 Å². The van der Waals surface area contributed by atoms with Crippen molar-refractivity contribution in [3.8, 4) is 17.2 Å². The highest BCUT2D eigenvalue weighted by molar-refractivity contribution is 6.01. The van der Waals surface area contributed by atoms with Crippen molar-refractivity contribution in [2.75, 3.05) is 45.5 Å². The number of carbonyl (C=O) groups excluding carboxylic acids is 2. The SMILES string of the molecule is CCOc1ccccc1N1CC(C(=O)NC(C)c2ccc(OCCOC)c(OC)c2)CC1=O. The Morgan fingerprint density at radius 1 is 1.09 bits per heavy atom. The number of rotatable bonds is 11. The molecule has 2 unspecified atom stereocenters. The molecule has 1 saturated heterocycles. The summed E-state index contributed by atoms with van der Waals surface area (Å²) in [4.78, 5) is 27.3. The maximum Gasteiger partial charge on any atom is 0.227 e. The molecule has 1 N–H and O–H groups in total. The normalized spacial score (nSPS) is 16.4. The molecule has 0 radical (unpaired) electrons. The molecule has 2 amide bonds. The number of carbonyl (C=O) groups is 2. The molecule has 0 aliphatic carbocycles. The first-order chi connectivity index (χ1) is 16.0. The summed E-state index contributed by atoms with van der Waals surface area (Å²) in [6, 6.07) is 12.7. The van der Waals surface area contributed by atoms with Crippen LogP contribution in [0, 0.1) is 5.92 Å². The quantitative estimate of drug-likeness (QED) is 0.522. The molecule has 178 valence electrons. The largest absolute Gasteiger partial charge is 0.493 e. The van der Waals surface area contributed by atoms with Crippen LogP contribution in [-0.4, -0.2) is 52.4 Å². The van der Waals surface area contributed by atoms with Crippen LogP contribution in [-0.2, 0) is 14.3 Å². The minimum atomic E-state index is -0.437. The second-order valence-electron chi connectivity index (χ2n) is 7.79. The van der Waals surface area contributed by atoms with Gasteiger partial charge in [-0.05, 0) is 43.7 Å². The van der Waals surface area contributed by atoms with Crippen LogP contribution in [0.15, 0.2) is 42.5 Å². The molecule has 0 aromatic heterocycles. The van der Waals surface area contributed by atoms with E-state index < -0.39 is 5.92 Å². The van der Waals surface area contributed by atoms with Gasteiger partial charge in [-0.2, -0.15) is 0 Å². The monoisotopic (exact) mass is 456 g/mol. The molecule has 2 aromatic carbocycles. The molecule has 2 aromatic rings. The highest BCUT2D eigenvalue weighted by atomic mass is 16.5. The van der Waals surface area contributed by atoms with E-state index in [4.69, 9.17) is 18.9 Å². The number of hydrogen-bond donors (Lipinski definition) is 1. The number of para-hydroxylation sites is 2. The van der Waals surface area contributed by atoms with Gasteiger partial charge >= 0.3 is 0 Å². The van der Waals surface area contributed by atoms with Gasteiger partial charge in [-0.15, -0.1) is 0 Å². The molecular weight excluding hydrogens is 424 g/mol. The average Bonchev–Trinajstić information content (AvgIpc) is 3.21. The summed E-state index contributed by atoms with van der Waals surface area (Å²) in [6.07, 6.45) is 0.161. The standard InChI is InChI=1S/C25H32N2O6/c1-5-32-21-9-7-6-8-20(21)27-16-19(15-24(27)28)25(29)26-17(2)18-10-11-22(23(14-18)31-4)33-13-12-30-3/h6-11,14,17,19H,5,12-13,15-16H2,1-4H3,(H,26,29). The summed E-state index contributed by atoms with van der Waals surface area (Å²) < 4.78 is 21.8. The van der Waals surface area contributed by atoms with Gasteiger partial charge in [0, 0.05) is 20.1 Å². The number of methoxy groups -OCH3 is 2. The van der Waals surface area contributed by atoms with E-state index in [-0.39, 0.29) is 24.3 Å². The predicted molar refractivity (Wildman–Crippen MR) is 125 cm³/mol. The molecule has 2 atom stereocenters. The Balaban J connectivity index is 1.65. The number of ether oxygens (including phenoxy) is 4. The Morgan fingerprint density at radius 2 is 1.88 bits per heavy atom. The van der Waals surface area contributed by atoms with Crippen molar-refractivity contribution >= 4 is 17.5 Å². The second kappa shape index (κ2) is 11.6. The highest BCUT2D eigenvalue weighted by Crippen LogP contribution is 2.34. The molecule has 0 saturated carbocycles. The van der Waals surface area contributed by atoms with E-state index in [9.17, 15) is 9.59 Å². The van der Waals surface area contributed by atoms with Crippen LogP contribution in [0.1, 0.15) is 31.9 Å². The van der Waals surface area contributed by atoms with E-state index >= 15 is 0 Å². The van der Waals surface area contributed by atoms with Crippen molar-refractivity contribution in [2.45, 2.75) is 26.3 Å². The van der Waals surface area contributed by atoms with Gasteiger partial charge in [0.15, 0.2) is 11.5 Å². The van der Waals surface area contributed by atoms with Gasteiger partial charge < -0.3 is 29.2 Å². The molecule has 3 rings (SSSR count). The lowest BCUT2D eigenvalue weighted by Gasteiger charge is -2.21. The van der Waals surface area contributed by atoms with Crippen LogP contribution in [0.25, 0.3) is 0 Å².